The monoisotopic (exact) mass is 537 g/mol. The Morgan fingerprint density at radius 2 is 1.68 bits per heavy atom. The first kappa shape index (κ1) is 30.2. The standard InChI is InChI=1S/C27H37F2N3O4S/c1-5-7-16-30-27(34)25(6-2)31(19-21-12-10-20(3)11-13-21)26(33)9-8-17-32(37(4,35)36)22-14-15-23(28)24(29)18-22/h10-15,18,25H,5-9,16-17,19H2,1-4H3,(H,30,34). The van der Waals surface area contributed by atoms with Gasteiger partial charge in [0.2, 0.25) is 21.8 Å². The highest BCUT2D eigenvalue weighted by atomic mass is 32.2. The maximum absolute atomic E-state index is 13.7. The Kier molecular flexibility index (Phi) is 11.5. The zero-order valence-electron chi connectivity index (χ0n) is 22.0. The summed E-state index contributed by atoms with van der Waals surface area (Å²) < 4.78 is 52.7. The fourth-order valence-electron chi connectivity index (χ4n) is 3.96. The van der Waals surface area contributed by atoms with Gasteiger partial charge in [0, 0.05) is 32.1 Å². The normalized spacial score (nSPS) is 12.2. The molecule has 0 bridgehead atoms. The lowest BCUT2D eigenvalue weighted by Gasteiger charge is -2.31. The molecule has 1 N–H and O–H groups in total. The van der Waals surface area contributed by atoms with Crippen molar-refractivity contribution in [1.29, 1.82) is 0 Å². The molecule has 2 aromatic carbocycles. The molecule has 1 atom stereocenters. The molecule has 7 nitrogen and oxygen atoms in total. The average Bonchev–Trinajstić information content (AvgIpc) is 2.84. The molecular weight excluding hydrogens is 500 g/mol. The minimum absolute atomic E-state index is 0.0212. The molecule has 204 valence electrons. The van der Waals surface area contributed by atoms with E-state index in [9.17, 15) is 26.8 Å². The van der Waals surface area contributed by atoms with E-state index in [1.807, 2.05) is 45.0 Å². The molecule has 0 fully saturated rings. The summed E-state index contributed by atoms with van der Waals surface area (Å²) in [5.41, 5.74) is 1.93. The lowest BCUT2D eigenvalue weighted by molar-refractivity contribution is -0.141. The molecule has 10 heteroatoms. The number of nitrogens with one attached hydrogen (secondary N) is 1. The summed E-state index contributed by atoms with van der Waals surface area (Å²) in [4.78, 5) is 27.9. The van der Waals surface area contributed by atoms with Gasteiger partial charge in [0.25, 0.3) is 0 Å². The van der Waals surface area contributed by atoms with Gasteiger partial charge in [-0.2, -0.15) is 0 Å². The van der Waals surface area contributed by atoms with E-state index in [4.69, 9.17) is 0 Å². The first-order chi connectivity index (χ1) is 17.5. The minimum atomic E-state index is -3.81. The molecule has 2 rings (SSSR count). The maximum atomic E-state index is 13.7. The quantitative estimate of drug-likeness (QED) is 0.359. The minimum Gasteiger partial charge on any atom is -0.354 e. The second-order valence-electron chi connectivity index (χ2n) is 9.11. The van der Waals surface area contributed by atoms with Gasteiger partial charge in [-0.1, -0.05) is 50.1 Å². The fourth-order valence-corrected chi connectivity index (χ4v) is 4.92. The number of amides is 2. The van der Waals surface area contributed by atoms with Crippen molar-refractivity contribution < 1.29 is 26.8 Å². The molecule has 0 aliphatic rings. The second-order valence-corrected chi connectivity index (χ2v) is 11.0. The predicted octanol–water partition coefficient (Wildman–Crippen LogP) is 4.54. The summed E-state index contributed by atoms with van der Waals surface area (Å²) >= 11 is 0. The van der Waals surface area contributed by atoms with Gasteiger partial charge in [0.1, 0.15) is 6.04 Å². The van der Waals surface area contributed by atoms with Gasteiger partial charge in [-0.05, 0) is 43.9 Å². The molecule has 0 heterocycles. The van der Waals surface area contributed by atoms with E-state index in [-0.39, 0.29) is 43.4 Å². The van der Waals surface area contributed by atoms with E-state index in [0.29, 0.717) is 13.0 Å². The van der Waals surface area contributed by atoms with Crippen molar-refractivity contribution in [3.05, 3.63) is 65.2 Å². The van der Waals surface area contributed by atoms with Gasteiger partial charge in [-0.15, -0.1) is 0 Å². The van der Waals surface area contributed by atoms with Crippen LogP contribution in [-0.2, 0) is 26.2 Å². The van der Waals surface area contributed by atoms with Crippen LogP contribution in [-0.4, -0.2) is 50.5 Å². The topological polar surface area (TPSA) is 86.8 Å². The molecule has 0 spiro atoms. The van der Waals surface area contributed by atoms with Crippen LogP contribution >= 0.6 is 0 Å². The van der Waals surface area contributed by atoms with Gasteiger partial charge in [-0.25, -0.2) is 17.2 Å². The number of anilines is 1. The van der Waals surface area contributed by atoms with E-state index in [1.54, 1.807) is 0 Å². The molecule has 37 heavy (non-hydrogen) atoms. The third-order valence-corrected chi connectivity index (χ3v) is 7.23. The SMILES string of the molecule is CCCCNC(=O)C(CC)N(Cc1ccc(C)cc1)C(=O)CCCN(c1ccc(F)c(F)c1)S(C)(=O)=O. The van der Waals surface area contributed by atoms with Gasteiger partial charge >= 0.3 is 0 Å². The molecule has 0 aliphatic heterocycles. The second kappa shape index (κ2) is 14.1. The van der Waals surface area contributed by atoms with E-state index in [2.05, 4.69) is 5.32 Å². The third-order valence-electron chi connectivity index (χ3n) is 6.03. The Balaban J connectivity index is 2.20. The van der Waals surface area contributed by atoms with Gasteiger partial charge in [-0.3, -0.25) is 13.9 Å². The van der Waals surface area contributed by atoms with Gasteiger partial charge < -0.3 is 10.2 Å². The number of sulfonamides is 1. The molecule has 0 saturated carbocycles. The molecule has 0 saturated heterocycles. The lowest BCUT2D eigenvalue weighted by atomic mass is 10.1. The summed E-state index contributed by atoms with van der Waals surface area (Å²) in [7, 11) is -3.81. The first-order valence-electron chi connectivity index (χ1n) is 12.5. The van der Waals surface area contributed by atoms with Crippen LogP contribution in [0.5, 0.6) is 0 Å². The van der Waals surface area contributed by atoms with Crippen molar-refractivity contribution in [2.45, 2.75) is 65.5 Å². The highest BCUT2D eigenvalue weighted by Crippen LogP contribution is 2.22. The van der Waals surface area contributed by atoms with Crippen molar-refractivity contribution in [1.82, 2.24) is 10.2 Å². The zero-order chi connectivity index (χ0) is 27.6. The highest BCUT2D eigenvalue weighted by Gasteiger charge is 2.28. The summed E-state index contributed by atoms with van der Waals surface area (Å²) in [5, 5.41) is 2.90. The number of hydrogen-bond donors (Lipinski definition) is 1. The molecular formula is C27H37F2N3O4S. The van der Waals surface area contributed by atoms with E-state index in [1.165, 1.54) is 11.0 Å². The fraction of sp³-hybridized carbons (Fsp3) is 0.481. The van der Waals surface area contributed by atoms with Crippen molar-refractivity contribution >= 4 is 27.5 Å². The lowest BCUT2D eigenvalue weighted by Crippen LogP contribution is -2.49. The van der Waals surface area contributed by atoms with Gasteiger partial charge in [0.05, 0.1) is 11.9 Å². The van der Waals surface area contributed by atoms with E-state index in [0.717, 1.165) is 46.7 Å². The summed E-state index contributed by atoms with van der Waals surface area (Å²) in [6, 6.07) is 9.87. The average molecular weight is 538 g/mol. The van der Waals surface area contributed by atoms with Crippen LogP contribution < -0.4 is 9.62 Å². The first-order valence-corrected chi connectivity index (χ1v) is 14.4. The maximum Gasteiger partial charge on any atom is 0.242 e. The number of aryl methyl sites for hydroxylation is 1. The van der Waals surface area contributed by atoms with Crippen molar-refractivity contribution in [2.24, 2.45) is 0 Å². The van der Waals surface area contributed by atoms with Crippen LogP contribution in [0.2, 0.25) is 0 Å². The summed E-state index contributed by atoms with van der Waals surface area (Å²) in [5.74, 6) is -2.76. The van der Waals surface area contributed by atoms with Crippen molar-refractivity contribution in [3.8, 4) is 0 Å². The molecule has 0 aliphatic carbocycles. The Bertz CT molecular complexity index is 1160. The molecule has 1 unspecified atom stereocenters. The Morgan fingerprint density at radius 1 is 1.00 bits per heavy atom. The number of benzene rings is 2. The zero-order valence-corrected chi connectivity index (χ0v) is 22.8. The van der Waals surface area contributed by atoms with Crippen LogP contribution in [0.3, 0.4) is 0 Å². The van der Waals surface area contributed by atoms with Crippen LogP contribution in [0.4, 0.5) is 14.5 Å². The molecule has 2 aromatic rings. The van der Waals surface area contributed by atoms with Crippen LogP contribution in [0, 0.1) is 18.6 Å². The predicted molar refractivity (Wildman–Crippen MR) is 142 cm³/mol. The van der Waals surface area contributed by atoms with Gasteiger partial charge in [0.15, 0.2) is 11.6 Å². The van der Waals surface area contributed by atoms with Crippen molar-refractivity contribution in [2.75, 3.05) is 23.7 Å². The van der Waals surface area contributed by atoms with Crippen molar-refractivity contribution in [3.63, 3.8) is 0 Å². The van der Waals surface area contributed by atoms with Crippen LogP contribution in [0.25, 0.3) is 0 Å². The number of halogens is 2. The van der Waals surface area contributed by atoms with E-state index >= 15 is 0 Å². The van der Waals surface area contributed by atoms with Crippen LogP contribution in [0.1, 0.15) is 57.1 Å². The molecule has 0 aromatic heterocycles. The number of carbonyl (C=O) groups excluding carboxylic acids is 2. The number of rotatable bonds is 14. The van der Waals surface area contributed by atoms with E-state index < -0.39 is 27.7 Å². The summed E-state index contributed by atoms with van der Waals surface area (Å²) in [6.45, 7) is 6.48. The smallest absolute Gasteiger partial charge is 0.242 e. The number of carbonyl (C=O) groups is 2. The third kappa shape index (κ3) is 9.10. The van der Waals surface area contributed by atoms with Crippen LogP contribution in [0.15, 0.2) is 42.5 Å². The summed E-state index contributed by atoms with van der Waals surface area (Å²) in [6.07, 6.45) is 3.24. The Labute approximate surface area is 218 Å². The number of nitrogens with zero attached hydrogens (tertiary/aromatic N) is 2. The highest BCUT2D eigenvalue weighted by molar-refractivity contribution is 7.92. The number of hydrogen-bond acceptors (Lipinski definition) is 4. The Morgan fingerprint density at radius 3 is 2.24 bits per heavy atom. The molecule has 2 amide bonds. The largest absolute Gasteiger partial charge is 0.354 e. The number of unbranched alkanes of at least 4 members (excludes halogenated alkanes) is 1. The molecule has 0 radical (unpaired) electrons. The Hall–Kier alpha value is -3.01.